The number of fused-ring (bicyclic) bond motifs is 1. The third-order valence-corrected chi connectivity index (χ3v) is 4.41. The van der Waals surface area contributed by atoms with Gasteiger partial charge in [0.05, 0.1) is 0 Å². The summed E-state index contributed by atoms with van der Waals surface area (Å²) in [7, 11) is 1.92. The fourth-order valence-corrected chi connectivity index (χ4v) is 3.15. The first-order valence-corrected chi connectivity index (χ1v) is 7.77. The van der Waals surface area contributed by atoms with E-state index in [0.29, 0.717) is 12.0 Å². The number of rotatable bonds is 2. The molecule has 0 radical (unpaired) electrons. The van der Waals surface area contributed by atoms with Crippen LogP contribution in [0.25, 0.3) is 0 Å². The third kappa shape index (κ3) is 2.83. The number of nitrogens with one attached hydrogen (secondary N) is 1. The standard InChI is InChI=1S/C17H17BrFNO/c1-10-3-6-14(19)13(7-10)17-9-15(20-2)12-5-4-11(18)8-16(12)21-17/h3-8,15,17,20H,9H2,1-2H3. The first-order chi connectivity index (χ1) is 10.1. The van der Waals surface area contributed by atoms with E-state index >= 15 is 0 Å². The maximum atomic E-state index is 14.1. The molecule has 2 aromatic carbocycles. The molecule has 1 aliphatic heterocycles. The molecule has 1 N–H and O–H groups in total. The van der Waals surface area contributed by atoms with Crippen LogP contribution in [0.2, 0.25) is 0 Å². The molecule has 2 nitrogen and oxygen atoms in total. The Kier molecular flexibility index (Phi) is 4.00. The molecule has 0 fully saturated rings. The zero-order chi connectivity index (χ0) is 15.0. The molecule has 4 heteroatoms. The van der Waals surface area contributed by atoms with Crippen molar-refractivity contribution in [2.45, 2.75) is 25.5 Å². The molecule has 0 bridgehead atoms. The van der Waals surface area contributed by atoms with Gasteiger partial charge >= 0.3 is 0 Å². The van der Waals surface area contributed by atoms with E-state index in [1.807, 2.05) is 38.2 Å². The first kappa shape index (κ1) is 14.5. The molecule has 0 saturated carbocycles. The summed E-state index contributed by atoms with van der Waals surface area (Å²) in [5.41, 5.74) is 2.78. The molecule has 110 valence electrons. The molecular formula is C17H17BrFNO. The van der Waals surface area contributed by atoms with Gasteiger partial charge in [0.15, 0.2) is 0 Å². The normalized spacial score (nSPS) is 20.8. The molecule has 1 heterocycles. The molecule has 2 aromatic rings. The summed E-state index contributed by atoms with van der Waals surface area (Å²) in [5.74, 6) is 0.597. The monoisotopic (exact) mass is 349 g/mol. The van der Waals surface area contributed by atoms with Gasteiger partial charge in [-0.2, -0.15) is 0 Å². The molecule has 0 spiro atoms. The lowest BCUT2D eigenvalue weighted by Crippen LogP contribution is -2.27. The van der Waals surface area contributed by atoms with Gasteiger partial charge in [0, 0.05) is 28.1 Å². The maximum absolute atomic E-state index is 14.1. The maximum Gasteiger partial charge on any atom is 0.130 e. The SMILES string of the molecule is CNC1CC(c2cc(C)ccc2F)Oc2cc(Br)ccc21. The Morgan fingerprint density at radius 2 is 2.00 bits per heavy atom. The molecule has 0 aliphatic carbocycles. The topological polar surface area (TPSA) is 21.3 Å². The van der Waals surface area contributed by atoms with Crippen molar-refractivity contribution < 1.29 is 9.13 Å². The van der Waals surface area contributed by atoms with Crippen molar-refractivity contribution in [3.05, 3.63) is 63.4 Å². The van der Waals surface area contributed by atoms with Crippen molar-refractivity contribution in [2.24, 2.45) is 0 Å². The molecule has 3 rings (SSSR count). The lowest BCUT2D eigenvalue weighted by Gasteiger charge is -2.32. The molecule has 21 heavy (non-hydrogen) atoms. The summed E-state index contributed by atoms with van der Waals surface area (Å²) in [5, 5.41) is 3.30. The highest BCUT2D eigenvalue weighted by Crippen LogP contribution is 2.42. The van der Waals surface area contributed by atoms with Crippen LogP contribution >= 0.6 is 15.9 Å². The van der Waals surface area contributed by atoms with E-state index in [2.05, 4.69) is 21.2 Å². The van der Waals surface area contributed by atoms with Gasteiger partial charge in [-0.25, -0.2) is 4.39 Å². The van der Waals surface area contributed by atoms with Crippen LogP contribution in [-0.4, -0.2) is 7.05 Å². The van der Waals surface area contributed by atoms with Crippen molar-refractivity contribution in [1.29, 1.82) is 0 Å². The summed E-state index contributed by atoms with van der Waals surface area (Å²) in [6, 6.07) is 11.3. The van der Waals surface area contributed by atoms with Crippen LogP contribution in [-0.2, 0) is 0 Å². The number of hydrogen-bond donors (Lipinski definition) is 1. The van der Waals surface area contributed by atoms with E-state index in [1.54, 1.807) is 6.07 Å². The second kappa shape index (κ2) is 5.78. The Labute approximate surface area is 132 Å². The number of benzene rings is 2. The van der Waals surface area contributed by atoms with E-state index in [9.17, 15) is 4.39 Å². The van der Waals surface area contributed by atoms with Crippen LogP contribution in [0, 0.1) is 12.7 Å². The van der Waals surface area contributed by atoms with Crippen LogP contribution in [0.3, 0.4) is 0 Å². The van der Waals surface area contributed by atoms with Crippen LogP contribution in [0.5, 0.6) is 5.75 Å². The highest BCUT2D eigenvalue weighted by atomic mass is 79.9. The summed E-state index contributed by atoms with van der Waals surface area (Å²) in [4.78, 5) is 0. The molecule has 0 saturated heterocycles. The van der Waals surface area contributed by atoms with E-state index in [-0.39, 0.29) is 18.0 Å². The lowest BCUT2D eigenvalue weighted by molar-refractivity contribution is 0.150. The molecule has 2 unspecified atom stereocenters. The van der Waals surface area contributed by atoms with Crippen LogP contribution in [0.15, 0.2) is 40.9 Å². The zero-order valence-corrected chi connectivity index (χ0v) is 13.6. The average molecular weight is 350 g/mol. The van der Waals surface area contributed by atoms with E-state index in [0.717, 1.165) is 21.3 Å². The average Bonchev–Trinajstić information content (AvgIpc) is 2.48. The van der Waals surface area contributed by atoms with Crippen LogP contribution < -0.4 is 10.1 Å². The largest absolute Gasteiger partial charge is 0.485 e. The van der Waals surface area contributed by atoms with Crippen molar-refractivity contribution >= 4 is 15.9 Å². The van der Waals surface area contributed by atoms with Gasteiger partial charge in [-0.15, -0.1) is 0 Å². The van der Waals surface area contributed by atoms with Crippen LogP contribution in [0.1, 0.15) is 35.3 Å². The predicted octanol–water partition coefficient (Wildman–Crippen LogP) is 4.68. The molecular weight excluding hydrogens is 333 g/mol. The Morgan fingerprint density at radius 1 is 1.19 bits per heavy atom. The number of hydrogen-bond acceptors (Lipinski definition) is 2. The van der Waals surface area contributed by atoms with Crippen molar-refractivity contribution in [3.8, 4) is 5.75 Å². The van der Waals surface area contributed by atoms with Crippen molar-refractivity contribution in [1.82, 2.24) is 5.32 Å². The molecule has 2 atom stereocenters. The first-order valence-electron chi connectivity index (χ1n) is 6.98. The summed E-state index contributed by atoms with van der Waals surface area (Å²) in [6.07, 6.45) is 0.440. The minimum absolute atomic E-state index is 0.159. The summed E-state index contributed by atoms with van der Waals surface area (Å²) in [6.45, 7) is 1.96. The van der Waals surface area contributed by atoms with Gasteiger partial charge in [0.1, 0.15) is 17.7 Å². The fourth-order valence-electron chi connectivity index (χ4n) is 2.81. The second-order valence-corrected chi connectivity index (χ2v) is 6.31. The minimum Gasteiger partial charge on any atom is -0.485 e. The lowest BCUT2D eigenvalue weighted by atomic mass is 9.92. The second-order valence-electron chi connectivity index (χ2n) is 5.39. The smallest absolute Gasteiger partial charge is 0.130 e. The van der Waals surface area contributed by atoms with E-state index in [1.165, 1.54) is 6.07 Å². The minimum atomic E-state index is -0.274. The molecule has 0 aromatic heterocycles. The van der Waals surface area contributed by atoms with Crippen LogP contribution in [0.4, 0.5) is 4.39 Å². The van der Waals surface area contributed by atoms with Gasteiger partial charge < -0.3 is 10.1 Å². The predicted molar refractivity (Wildman–Crippen MR) is 85.1 cm³/mol. The Hall–Kier alpha value is -1.39. The zero-order valence-electron chi connectivity index (χ0n) is 12.0. The van der Waals surface area contributed by atoms with Gasteiger partial charge in [0.2, 0.25) is 0 Å². The highest BCUT2D eigenvalue weighted by Gasteiger charge is 2.30. The molecule has 1 aliphatic rings. The van der Waals surface area contributed by atoms with Crippen molar-refractivity contribution in [2.75, 3.05) is 7.05 Å². The molecule has 0 amide bonds. The van der Waals surface area contributed by atoms with Gasteiger partial charge in [0.25, 0.3) is 0 Å². The third-order valence-electron chi connectivity index (χ3n) is 3.92. The number of aryl methyl sites for hydroxylation is 1. The Balaban J connectivity index is 2.01. The van der Waals surface area contributed by atoms with Crippen molar-refractivity contribution in [3.63, 3.8) is 0 Å². The highest BCUT2D eigenvalue weighted by molar-refractivity contribution is 9.10. The summed E-state index contributed by atoms with van der Waals surface area (Å²) < 4.78 is 21.1. The number of halogens is 2. The van der Waals surface area contributed by atoms with Gasteiger partial charge in [-0.1, -0.05) is 33.6 Å². The van der Waals surface area contributed by atoms with E-state index in [4.69, 9.17) is 4.74 Å². The Bertz CT molecular complexity index is 674. The quantitative estimate of drug-likeness (QED) is 0.849. The number of ether oxygens (including phenoxy) is 1. The fraction of sp³-hybridized carbons (Fsp3) is 0.294. The van der Waals surface area contributed by atoms with Gasteiger partial charge in [-0.3, -0.25) is 0 Å². The summed E-state index contributed by atoms with van der Waals surface area (Å²) >= 11 is 3.46. The van der Waals surface area contributed by atoms with E-state index < -0.39 is 0 Å². The van der Waals surface area contributed by atoms with Gasteiger partial charge in [-0.05, 0) is 38.2 Å². The Morgan fingerprint density at radius 3 is 2.76 bits per heavy atom.